The molecule has 0 radical (unpaired) electrons. The highest BCUT2D eigenvalue weighted by Gasteiger charge is 2.17. The number of thiophene rings is 1. The molecular formula is C19H24OS. The normalized spacial score (nSPS) is 16.3. The molecular weight excluding hydrogens is 276 g/mol. The first-order valence-electron chi connectivity index (χ1n) is 7.98. The molecule has 0 saturated carbocycles. The van der Waals surface area contributed by atoms with Crippen molar-refractivity contribution in [1.82, 2.24) is 0 Å². The first-order valence-corrected chi connectivity index (χ1v) is 8.80. The highest BCUT2D eigenvalue weighted by molar-refractivity contribution is 7.12. The van der Waals surface area contributed by atoms with Crippen LogP contribution in [0.3, 0.4) is 0 Å². The monoisotopic (exact) mass is 300 g/mol. The van der Waals surface area contributed by atoms with Crippen LogP contribution in [0.5, 0.6) is 0 Å². The molecule has 1 atom stereocenters. The number of hydrogen-bond donors (Lipinski definition) is 1. The van der Waals surface area contributed by atoms with Crippen molar-refractivity contribution < 1.29 is 5.11 Å². The molecule has 1 N–H and O–H groups in total. The van der Waals surface area contributed by atoms with Crippen LogP contribution in [0.15, 0.2) is 24.3 Å². The zero-order valence-corrected chi connectivity index (χ0v) is 13.8. The Morgan fingerprint density at radius 1 is 1.00 bits per heavy atom. The van der Waals surface area contributed by atoms with Gasteiger partial charge < -0.3 is 5.11 Å². The van der Waals surface area contributed by atoms with E-state index in [9.17, 15) is 5.11 Å². The van der Waals surface area contributed by atoms with E-state index in [4.69, 9.17) is 0 Å². The number of aryl methyl sites for hydroxylation is 4. The lowest BCUT2D eigenvalue weighted by atomic mass is 10.0. The smallest absolute Gasteiger partial charge is 0.0922 e. The lowest BCUT2D eigenvalue weighted by Crippen LogP contribution is -2.00. The summed E-state index contributed by atoms with van der Waals surface area (Å²) >= 11 is 1.83. The molecule has 3 rings (SSSR count). The summed E-state index contributed by atoms with van der Waals surface area (Å²) in [4.78, 5) is 2.67. The first kappa shape index (κ1) is 14.8. The van der Waals surface area contributed by atoms with Crippen LogP contribution in [0.2, 0.25) is 0 Å². The fourth-order valence-corrected chi connectivity index (χ4v) is 4.61. The van der Waals surface area contributed by atoms with E-state index in [1.807, 2.05) is 11.3 Å². The molecule has 1 aliphatic carbocycles. The molecule has 1 nitrogen and oxygen atoms in total. The third-order valence-corrected chi connectivity index (χ3v) is 5.64. The molecule has 0 amide bonds. The zero-order chi connectivity index (χ0) is 14.8. The van der Waals surface area contributed by atoms with Crippen LogP contribution in [0.1, 0.15) is 57.4 Å². The molecule has 21 heavy (non-hydrogen) atoms. The first-order chi connectivity index (χ1) is 10.1. The summed E-state index contributed by atoms with van der Waals surface area (Å²) in [6.07, 6.45) is 6.72. The summed E-state index contributed by atoms with van der Waals surface area (Å²) in [6.45, 7) is 4.24. The topological polar surface area (TPSA) is 20.2 Å². The van der Waals surface area contributed by atoms with Crippen molar-refractivity contribution in [3.63, 3.8) is 0 Å². The number of rotatable bonds is 3. The molecule has 1 unspecified atom stereocenters. The maximum Gasteiger partial charge on any atom is 0.0922 e. The Morgan fingerprint density at radius 3 is 2.48 bits per heavy atom. The number of hydrogen-bond acceptors (Lipinski definition) is 2. The van der Waals surface area contributed by atoms with Gasteiger partial charge in [0.05, 0.1) is 6.10 Å². The van der Waals surface area contributed by atoms with E-state index in [1.165, 1.54) is 59.2 Å². The van der Waals surface area contributed by atoms with Crippen LogP contribution in [-0.4, -0.2) is 5.11 Å². The second-order valence-electron chi connectivity index (χ2n) is 6.37. The predicted octanol–water partition coefficient (Wildman–Crippen LogP) is 4.91. The second-order valence-corrected chi connectivity index (χ2v) is 7.54. The average molecular weight is 300 g/mol. The predicted molar refractivity (Wildman–Crippen MR) is 90.2 cm³/mol. The Balaban J connectivity index is 1.77. The van der Waals surface area contributed by atoms with Gasteiger partial charge in [0.1, 0.15) is 0 Å². The summed E-state index contributed by atoms with van der Waals surface area (Å²) < 4.78 is 0. The molecule has 1 aromatic carbocycles. The Morgan fingerprint density at radius 2 is 1.71 bits per heavy atom. The van der Waals surface area contributed by atoms with Crippen molar-refractivity contribution in [2.24, 2.45) is 0 Å². The van der Waals surface area contributed by atoms with E-state index in [0.717, 1.165) is 11.3 Å². The van der Waals surface area contributed by atoms with Gasteiger partial charge >= 0.3 is 0 Å². The molecule has 2 heteroatoms. The third kappa shape index (κ3) is 3.56. The fraction of sp³-hybridized carbons (Fsp3) is 0.474. The highest BCUT2D eigenvalue weighted by Crippen LogP contribution is 2.33. The van der Waals surface area contributed by atoms with Gasteiger partial charge in [0.15, 0.2) is 0 Å². The maximum atomic E-state index is 10.6. The SMILES string of the molecule is Cc1cc(C)cc(CC(O)c2cc3c(s2)CCCCC3)c1. The minimum absolute atomic E-state index is 0.358. The number of aliphatic hydroxyl groups is 1. The number of aliphatic hydroxyl groups excluding tert-OH is 1. The van der Waals surface area contributed by atoms with Crippen LogP contribution in [-0.2, 0) is 19.3 Å². The van der Waals surface area contributed by atoms with Gasteiger partial charge in [0, 0.05) is 16.2 Å². The molecule has 0 fully saturated rings. The summed E-state index contributed by atoms with van der Waals surface area (Å²) in [5, 5.41) is 10.6. The summed E-state index contributed by atoms with van der Waals surface area (Å²) in [5.41, 5.74) is 5.29. The fourth-order valence-electron chi connectivity index (χ4n) is 3.37. The van der Waals surface area contributed by atoms with Crippen molar-refractivity contribution in [1.29, 1.82) is 0 Å². The lowest BCUT2D eigenvalue weighted by Gasteiger charge is -2.10. The van der Waals surface area contributed by atoms with Gasteiger partial charge in [0.2, 0.25) is 0 Å². The molecule has 112 valence electrons. The third-order valence-electron chi connectivity index (χ3n) is 4.30. The summed E-state index contributed by atoms with van der Waals surface area (Å²) in [5.74, 6) is 0. The van der Waals surface area contributed by atoms with E-state index in [1.54, 1.807) is 0 Å². The van der Waals surface area contributed by atoms with Crippen LogP contribution in [0.4, 0.5) is 0 Å². The zero-order valence-electron chi connectivity index (χ0n) is 13.0. The van der Waals surface area contributed by atoms with Crippen molar-refractivity contribution in [2.75, 3.05) is 0 Å². The number of benzene rings is 1. The largest absolute Gasteiger partial charge is 0.387 e. The van der Waals surface area contributed by atoms with E-state index >= 15 is 0 Å². The standard InChI is InChI=1S/C19H24OS/c1-13-8-14(2)10-15(9-13)11-17(20)19-12-16-6-4-3-5-7-18(16)21-19/h8-10,12,17,20H,3-7,11H2,1-2H3. The van der Waals surface area contributed by atoms with Gasteiger partial charge in [-0.3, -0.25) is 0 Å². The Kier molecular flexibility index (Phi) is 4.46. The maximum absolute atomic E-state index is 10.6. The molecule has 0 saturated heterocycles. The van der Waals surface area contributed by atoms with Crippen LogP contribution in [0, 0.1) is 13.8 Å². The minimum atomic E-state index is -0.358. The van der Waals surface area contributed by atoms with Crippen molar-refractivity contribution in [3.8, 4) is 0 Å². The molecule has 1 heterocycles. The van der Waals surface area contributed by atoms with E-state index in [-0.39, 0.29) is 6.10 Å². The van der Waals surface area contributed by atoms with E-state index < -0.39 is 0 Å². The quantitative estimate of drug-likeness (QED) is 0.799. The highest BCUT2D eigenvalue weighted by atomic mass is 32.1. The molecule has 0 aliphatic heterocycles. The number of fused-ring (bicyclic) bond motifs is 1. The van der Waals surface area contributed by atoms with Crippen molar-refractivity contribution in [3.05, 3.63) is 56.3 Å². The Bertz CT molecular complexity index is 583. The van der Waals surface area contributed by atoms with Crippen molar-refractivity contribution in [2.45, 2.75) is 58.5 Å². The van der Waals surface area contributed by atoms with Gasteiger partial charge in [-0.1, -0.05) is 35.7 Å². The summed E-state index contributed by atoms with van der Waals surface area (Å²) in [7, 11) is 0. The molecule has 0 spiro atoms. The van der Waals surface area contributed by atoms with Gasteiger partial charge in [-0.25, -0.2) is 0 Å². The minimum Gasteiger partial charge on any atom is -0.387 e. The lowest BCUT2D eigenvalue weighted by molar-refractivity contribution is 0.182. The Labute approximate surface area is 131 Å². The summed E-state index contributed by atoms with van der Waals surface area (Å²) in [6, 6.07) is 8.82. The molecule has 1 aromatic heterocycles. The average Bonchev–Trinajstić information content (AvgIpc) is 2.69. The van der Waals surface area contributed by atoms with Gasteiger partial charge in [-0.05, 0) is 56.7 Å². The van der Waals surface area contributed by atoms with Crippen molar-refractivity contribution >= 4 is 11.3 Å². The Hall–Kier alpha value is -1.12. The van der Waals surface area contributed by atoms with Gasteiger partial charge in [0.25, 0.3) is 0 Å². The van der Waals surface area contributed by atoms with Crippen LogP contribution >= 0.6 is 11.3 Å². The molecule has 0 bridgehead atoms. The molecule has 2 aromatic rings. The van der Waals surface area contributed by atoms with Crippen LogP contribution in [0.25, 0.3) is 0 Å². The van der Waals surface area contributed by atoms with E-state index in [0.29, 0.717) is 0 Å². The molecule has 1 aliphatic rings. The van der Waals surface area contributed by atoms with Crippen LogP contribution < -0.4 is 0 Å². The van der Waals surface area contributed by atoms with Gasteiger partial charge in [-0.2, -0.15) is 0 Å². The van der Waals surface area contributed by atoms with E-state index in [2.05, 4.69) is 38.1 Å². The van der Waals surface area contributed by atoms with Gasteiger partial charge in [-0.15, -0.1) is 11.3 Å². The second kappa shape index (κ2) is 6.33.